The molecule has 2 aliphatic rings. The van der Waals surface area contributed by atoms with Crippen molar-refractivity contribution >= 4 is 52.0 Å². The van der Waals surface area contributed by atoms with Gasteiger partial charge in [0.2, 0.25) is 5.91 Å². The van der Waals surface area contributed by atoms with E-state index in [2.05, 4.69) is 37.6 Å². The summed E-state index contributed by atoms with van der Waals surface area (Å²) >= 11 is 1.77. The number of hydrazone groups is 1. The number of carbonyl (C=O) groups is 1. The normalized spacial score (nSPS) is 17.1. The van der Waals surface area contributed by atoms with Crippen molar-refractivity contribution in [3.63, 3.8) is 0 Å². The standard InChI is InChI=1S/C35H44N8O3S/c1-7-38-43-15-12-27(13-16-43)46-32-11-10-26(19-25(32)2)39-35-29-20-31(33(45-5)21-30(29)36-24-37-35)41-17-18-42(23-28(22-41)47-6)34(44)9-8-14-40(3)4/h7-13,15,19-21,24,28H,14,16-18,22-23H2,1-6H3,(H,36,37,39)/b9-8+,38-7-. The highest BCUT2D eigenvalue weighted by molar-refractivity contribution is 7.99. The van der Waals surface area contributed by atoms with Crippen molar-refractivity contribution in [1.29, 1.82) is 0 Å². The van der Waals surface area contributed by atoms with Crippen molar-refractivity contribution in [2.75, 3.05) is 76.9 Å². The molecule has 1 atom stereocenters. The average molecular weight is 657 g/mol. The number of benzene rings is 2. The Morgan fingerprint density at radius 3 is 2.72 bits per heavy atom. The highest BCUT2D eigenvalue weighted by Crippen LogP contribution is 2.37. The van der Waals surface area contributed by atoms with Gasteiger partial charge < -0.3 is 29.5 Å². The molecule has 11 nitrogen and oxygen atoms in total. The second-order valence-corrected chi connectivity index (χ2v) is 12.8. The van der Waals surface area contributed by atoms with Crippen LogP contribution in [0.4, 0.5) is 17.2 Å². The van der Waals surface area contributed by atoms with Crippen molar-refractivity contribution in [3.8, 4) is 11.5 Å². The lowest BCUT2D eigenvalue weighted by atomic mass is 10.1. The molecule has 47 heavy (non-hydrogen) atoms. The third-order valence-corrected chi connectivity index (χ3v) is 8.93. The average Bonchev–Trinajstić information content (AvgIpc) is 3.29. The summed E-state index contributed by atoms with van der Waals surface area (Å²) in [6, 6.07) is 10.1. The van der Waals surface area contributed by atoms with E-state index in [0.29, 0.717) is 32.0 Å². The first-order valence-corrected chi connectivity index (χ1v) is 17.0. The molecular formula is C35H44N8O3S. The molecule has 1 N–H and O–H groups in total. The number of rotatable bonds is 11. The van der Waals surface area contributed by atoms with E-state index in [4.69, 9.17) is 9.47 Å². The number of nitrogens with zero attached hydrogens (tertiary/aromatic N) is 7. The smallest absolute Gasteiger partial charge is 0.246 e. The third kappa shape index (κ3) is 8.63. The number of anilines is 3. The van der Waals surface area contributed by atoms with Crippen molar-refractivity contribution in [2.45, 2.75) is 19.1 Å². The SMILES string of the molecule is C/C=N\N1C=CC(Oc2ccc(Nc3ncnc4cc(OC)c(N5CCN(C(=O)/C=C/CN(C)C)CC(SC)C5)cc34)cc2C)=CC1. The summed E-state index contributed by atoms with van der Waals surface area (Å²) in [5.41, 5.74) is 3.60. The van der Waals surface area contributed by atoms with Gasteiger partial charge in [0.15, 0.2) is 0 Å². The van der Waals surface area contributed by atoms with Gasteiger partial charge in [-0.3, -0.25) is 9.80 Å². The van der Waals surface area contributed by atoms with Crippen LogP contribution in [0.25, 0.3) is 10.9 Å². The Bertz CT molecular complexity index is 1690. The van der Waals surface area contributed by atoms with Crippen molar-refractivity contribution in [3.05, 3.63) is 78.5 Å². The minimum Gasteiger partial charge on any atom is -0.495 e. The first kappa shape index (κ1) is 33.8. The van der Waals surface area contributed by atoms with Crippen LogP contribution in [0.3, 0.4) is 0 Å². The topological polar surface area (TPSA) is 98.7 Å². The van der Waals surface area contributed by atoms with E-state index in [-0.39, 0.29) is 11.2 Å². The lowest BCUT2D eigenvalue weighted by Crippen LogP contribution is -2.35. The molecule has 3 heterocycles. The van der Waals surface area contributed by atoms with Crippen LogP contribution in [0.2, 0.25) is 0 Å². The van der Waals surface area contributed by atoms with Crippen LogP contribution in [0.1, 0.15) is 12.5 Å². The number of nitrogens with one attached hydrogen (secondary N) is 1. The highest BCUT2D eigenvalue weighted by Gasteiger charge is 2.27. The van der Waals surface area contributed by atoms with E-state index in [1.807, 2.05) is 91.4 Å². The molecule has 3 aromatic rings. The van der Waals surface area contributed by atoms with Gasteiger partial charge in [-0.15, -0.1) is 0 Å². The van der Waals surface area contributed by atoms with Gasteiger partial charge in [-0.25, -0.2) is 9.97 Å². The maximum atomic E-state index is 13.1. The summed E-state index contributed by atoms with van der Waals surface area (Å²) in [4.78, 5) is 28.5. The fourth-order valence-electron chi connectivity index (χ4n) is 5.48. The Labute approximate surface area is 281 Å². The zero-order valence-electron chi connectivity index (χ0n) is 28.0. The Balaban J connectivity index is 1.36. The van der Waals surface area contributed by atoms with E-state index in [0.717, 1.165) is 58.2 Å². The maximum absolute atomic E-state index is 13.1. The largest absolute Gasteiger partial charge is 0.495 e. The first-order valence-electron chi connectivity index (χ1n) is 15.7. The molecule has 12 heteroatoms. The van der Waals surface area contributed by atoms with E-state index in [9.17, 15) is 4.79 Å². The molecule has 0 bridgehead atoms. The number of aryl methyl sites for hydroxylation is 1. The second-order valence-electron chi connectivity index (χ2n) is 11.6. The summed E-state index contributed by atoms with van der Waals surface area (Å²) in [5.74, 6) is 3.04. The fourth-order valence-corrected chi connectivity index (χ4v) is 6.14. The number of methoxy groups -OCH3 is 1. The lowest BCUT2D eigenvalue weighted by Gasteiger charge is -2.27. The molecule has 0 aliphatic carbocycles. The van der Waals surface area contributed by atoms with Crippen molar-refractivity contribution in [2.24, 2.45) is 5.10 Å². The molecule has 1 unspecified atom stereocenters. The Hall–Kier alpha value is -4.55. The van der Waals surface area contributed by atoms with Gasteiger partial charge in [-0.1, -0.05) is 6.08 Å². The van der Waals surface area contributed by atoms with Gasteiger partial charge in [-0.05, 0) is 76.2 Å². The van der Waals surface area contributed by atoms with E-state index in [1.165, 1.54) is 0 Å². The molecule has 1 fully saturated rings. The Morgan fingerprint density at radius 1 is 1.17 bits per heavy atom. The van der Waals surface area contributed by atoms with Crippen LogP contribution in [0.15, 0.2) is 78.0 Å². The third-order valence-electron chi connectivity index (χ3n) is 7.96. The maximum Gasteiger partial charge on any atom is 0.246 e. The van der Waals surface area contributed by atoms with Crippen LogP contribution < -0.4 is 19.7 Å². The number of thioether (sulfide) groups is 1. The Morgan fingerprint density at radius 2 is 2.02 bits per heavy atom. The van der Waals surface area contributed by atoms with Crippen molar-refractivity contribution < 1.29 is 14.3 Å². The van der Waals surface area contributed by atoms with Gasteiger partial charge in [0.1, 0.15) is 29.4 Å². The number of aromatic nitrogens is 2. The molecule has 5 rings (SSSR count). The number of amides is 1. The molecule has 248 valence electrons. The zero-order chi connectivity index (χ0) is 33.3. The van der Waals surface area contributed by atoms with Crippen LogP contribution in [-0.4, -0.2) is 109 Å². The van der Waals surface area contributed by atoms with Gasteiger partial charge in [0.25, 0.3) is 0 Å². The highest BCUT2D eigenvalue weighted by atomic mass is 32.2. The summed E-state index contributed by atoms with van der Waals surface area (Å²) < 4.78 is 12.0. The molecule has 1 amide bonds. The summed E-state index contributed by atoms with van der Waals surface area (Å²) in [6.45, 7) is 8.06. The van der Waals surface area contributed by atoms with Crippen LogP contribution >= 0.6 is 11.8 Å². The molecule has 1 aromatic heterocycles. The van der Waals surface area contributed by atoms with Gasteiger partial charge in [0.05, 0.1) is 24.9 Å². The van der Waals surface area contributed by atoms with Gasteiger partial charge in [0, 0.05) is 73.6 Å². The van der Waals surface area contributed by atoms with E-state index >= 15 is 0 Å². The van der Waals surface area contributed by atoms with Gasteiger partial charge in [-0.2, -0.15) is 16.9 Å². The summed E-state index contributed by atoms with van der Waals surface area (Å²) in [6.07, 6.45) is 14.8. The minimum atomic E-state index is 0.0464. The minimum absolute atomic E-state index is 0.0464. The fraction of sp³-hybridized carbons (Fsp3) is 0.371. The van der Waals surface area contributed by atoms with Crippen LogP contribution in [0, 0.1) is 6.92 Å². The number of allylic oxidation sites excluding steroid dienone is 1. The predicted octanol–water partition coefficient (Wildman–Crippen LogP) is 5.29. The summed E-state index contributed by atoms with van der Waals surface area (Å²) in [5, 5.41) is 10.7. The predicted molar refractivity (Wildman–Crippen MR) is 193 cm³/mol. The number of fused-ring (bicyclic) bond motifs is 1. The number of hydrogen-bond donors (Lipinski definition) is 1. The number of hydrogen-bond acceptors (Lipinski definition) is 11. The van der Waals surface area contributed by atoms with E-state index in [1.54, 1.807) is 37.5 Å². The van der Waals surface area contributed by atoms with Gasteiger partial charge >= 0.3 is 0 Å². The zero-order valence-corrected chi connectivity index (χ0v) is 28.8. The monoisotopic (exact) mass is 656 g/mol. The quantitative estimate of drug-likeness (QED) is 0.217. The molecular weight excluding hydrogens is 613 g/mol. The number of ether oxygens (including phenoxy) is 2. The molecule has 1 saturated heterocycles. The Kier molecular flexibility index (Phi) is 11.4. The molecule has 0 spiro atoms. The number of carbonyl (C=O) groups excluding carboxylic acids is 1. The second kappa shape index (κ2) is 15.8. The number of likely N-dealkylation sites (N-methyl/N-ethyl adjacent to an activating group) is 1. The van der Waals surface area contributed by atoms with Crippen LogP contribution in [0.5, 0.6) is 11.5 Å². The summed E-state index contributed by atoms with van der Waals surface area (Å²) in [7, 11) is 5.66. The van der Waals surface area contributed by atoms with Crippen LogP contribution in [-0.2, 0) is 4.79 Å². The molecule has 0 saturated carbocycles. The molecule has 0 radical (unpaired) electrons. The first-order chi connectivity index (χ1) is 22.8. The lowest BCUT2D eigenvalue weighted by molar-refractivity contribution is -0.125. The molecule has 2 aliphatic heterocycles. The van der Waals surface area contributed by atoms with Crippen molar-refractivity contribution in [1.82, 2.24) is 24.8 Å². The van der Waals surface area contributed by atoms with E-state index < -0.39 is 0 Å². The molecule has 2 aromatic carbocycles.